The van der Waals surface area contributed by atoms with Gasteiger partial charge in [0.05, 0.1) is 30.3 Å². The molecule has 8 nitrogen and oxygen atoms in total. The fourth-order valence-electron chi connectivity index (χ4n) is 4.50. The van der Waals surface area contributed by atoms with Crippen LogP contribution >= 0.6 is 0 Å². The van der Waals surface area contributed by atoms with E-state index in [0.29, 0.717) is 53.3 Å². The van der Waals surface area contributed by atoms with Crippen LogP contribution in [0.3, 0.4) is 0 Å². The number of carbonyl (C=O) groups excluding carboxylic acids is 2. The molecule has 3 N–H and O–H groups in total. The fraction of sp³-hybridized carbons (Fsp3) is 0.367. The molecule has 0 spiro atoms. The lowest BCUT2D eigenvalue weighted by Crippen LogP contribution is -2.25. The predicted molar refractivity (Wildman–Crippen MR) is 152 cm³/mol. The number of anilines is 2. The van der Waals surface area contributed by atoms with Crippen molar-refractivity contribution in [2.24, 2.45) is 0 Å². The molecule has 0 unspecified atom stereocenters. The maximum absolute atomic E-state index is 14.3. The van der Waals surface area contributed by atoms with Gasteiger partial charge in [-0.3, -0.25) is 14.6 Å². The Balaban J connectivity index is 0.000000353. The second-order valence-corrected chi connectivity index (χ2v) is 8.93. The highest BCUT2D eigenvalue weighted by molar-refractivity contribution is 5.96. The smallest absolute Gasteiger partial charge is 0.298 e. The van der Waals surface area contributed by atoms with Crippen molar-refractivity contribution in [3.8, 4) is 28.8 Å². The Labute approximate surface area is 229 Å². The van der Waals surface area contributed by atoms with E-state index in [1.165, 1.54) is 6.07 Å². The number of methoxy groups -OCH3 is 1. The van der Waals surface area contributed by atoms with E-state index >= 15 is 0 Å². The third kappa shape index (κ3) is 7.24. The van der Waals surface area contributed by atoms with Crippen LogP contribution in [0.25, 0.3) is 11.3 Å². The predicted octanol–water partition coefficient (Wildman–Crippen LogP) is 4.74. The minimum Gasteiger partial charge on any atom is -0.494 e. The van der Waals surface area contributed by atoms with Gasteiger partial charge in [-0.25, -0.2) is 4.39 Å². The SMILES string of the molecule is CC#CC(=O)N1CCCC1.CCc1c(F)cccc1Nc1c(-c2ccncc2OC)[nH]c(CCNC)c1C=O. The summed E-state index contributed by atoms with van der Waals surface area (Å²) >= 11 is 0. The summed E-state index contributed by atoms with van der Waals surface area (Å²) in [6, 6.07) is 6.72. The fourth-order valence-corrected chi connectivity index (χ4v) is 4.50. The number of pyridine rings is 1. The van der Waals surface area contributed by atoms with Gasteiger partial charge in [0, 0.05) is 54.8 Å². The quantitative estimate of drug-likeness (QED) is 0.272. The monoisotopic (exact) mass is 533 g/mol. The van der Waals surface area contributed by atoms with E-state index in [0.717, 1.165) is 43.5 Å². The van der Waals surface area contributed by atoms with Crippen molar-refractivity contribution in [3.05, 3.63) is 59.3 Å². The van der Waals surface area contributed by atoms with E-state index in [1.54, 1.807) is 37.4 Å². The Morgan fingerprint density at radius 1 is 1.28 bits per heavy atom. The van der Waals surface area contributed by atoms with E-state index in [-0.39, 0.29) is 11.7 Å². The van der Waals surface area contributed by atoms with Crippen LogP contribution in [-0.2, 0) is 17.6 Å². The molecule has 4 rings (SSSR count). The maximum Gasteiger partial charge on any atom is 0.298 e. The number of aromatic nitrogens is 2. The van der Waals surface area contributed by atoms with Gasteiger partial charge in [-0.05, 0) is 57.4 Å². The molecular weight excluding hydrogens is 497 g/mol. The van der Waals surface area contributed by atoms with Crippen molar-refractivity contribution in [1.82, 2.24) is 20.2 Å². The van der Waals surface area contributed by atoms with Crippen LogP contribution in [0.4, 0.5) is 15.8 Å². The standard InChI is InChI=1S/C22H25FN4O2.C8H11NO/c1-4-14-17(23)6-5-7-18(14)26-22-16(13-28)19(9-10-24-2)27-21(22)15-8-11-25-12-20(15)29-3;1-2-5-8(10)9-6-3-4-7-9/h5-8,11-13,24,26-27H,4,9-10H2,1-3H3;3-4,6-7H2,1H3. The molecule has 1 aliphatic heterocycles. The molecular formula is C30H36FN5O3. The number of likely N-dealkylation sites (tertiary alicyclic amines) is 1. The first kappa shape index (κ1) is 29.4. The van der Waals surface area contributed by atoms with E-state index < -0.39 is 0 Å². The van der Waals surface area contributed by atoms with E-state index in [2.05, 4.69) is 32.4 Å². The summed E-state index contributed by atoms with van der Waals surface area (Å²) in [6.07, 6.45) is 7.54. The van der Waals surface area contributed by atoms with Crippen molar-refractivity contribution >= 4 is 23.6 Å². The minimum absolute atomic E-state index is 0.0139. The number of halogens is 1. The normalized spacial score (nSPS) is 12.2. The molecule has 0 bridgehead atoms. The molecule has 0 atom stereocenters. The van der Waals surface area contributed by atoms with Crippen LogP contribution in [0.2, 0.25) is 0 Å². The highest BCUT2D eigenvalue weighted by atomic mass is 19.1. The highest BCUT2D eigenvalue weighted by Crippen LogP contribution is 2.39. The largest absolute Gasteiger partial charge is 0.494 e. The van der Waals surface area contributed by atoms with Crippen LogP contribution in [0, 0.1) is 17.7 Å². The van der Waals surface area contributed by atoms with E-state index in [1.807, 2.05) is 26.1 Å². The molecule has 2 aromatic heterocycles. The first-order chi connectivity index (χ1) is 19.0. The summed E-state index contributed by atoms with van der Waals surface area (Å²) in [4.78, 5) is 32.3. The Hall–Kier alpha value is -4.16. The van der Waals surface area contributed by atoms with Crippen molar-refractivity contribution in [3.63, 3.8) is 0 Å². The van der Waals surface area contributed by atoms with Gasteiger partial charge in [-0.15, -0.1) is 0 Å². The molecule has 0 radical (unpaired) electrons. The zero-order valence-electron chi connectivity index (χ0n) is 23.0. The molecule has 1 saturated heterocycles. The topological polar surface area (TPSA) is 99.3 Å². The first-order valence-corrected chi connectivity index (χ1v) is 13.1. The molecule has 206 valence electrons. The molecule has 1 aliphatic rings. The molecule has 1 fully saturated rings. The molecule has 0 aliphatic carbocycles. The number of nitrogens with zero attached hydrogens (tertiary/aromatic N) is 2. The summed E-state index contributed by atoms with van der Waals surface area (Å²) in [5.41, 5.74) is 4.55. The lowest BCUT2D eigenvalue weighted by molar-refractivity contribution is -0.124. The number of aldehydes is 1. The number of rotatable bonds is 9. The number of likely N-dealkylation sites (N-methyl/N-ethyl adjacent to an activating group) is 1. The van der Waals surface area contributed by atoms with Gasteiger partial charge in [-0.2, -0.15) is 0 Å². The number of aromatic amines is 1. The summed E-state index contributed by atoms with van der Waals surface area (Å²) in [6.45, 7) is 6.08. The van der Waals surface area contributed by atoms with Crippen molar-refractivity contribution in [2.75, 3.05) is 39.1 Å². The molecule has 3 heterocycles. The van der Waals surface area contributed by atoms with Crippen LogP contribution in [-0.4, -0.2) is 60.9 Å². The third-order valence-electron chi connectivity index (χ3n) is 6.49. The Bertz CT molecular complexity index is 1340. The molecule has 1 aromatic carbocycles. The lowest BCUT2D eigenvalue weighted by Gasteiger charge is -2.14. The average molecular weight is 534 g/mol. The number of benzene rings is 1. The summed E-state index contributed by atoms with van der Waals surface area (Å²) in [7, 11) is 3.43. The van der Waals surface area contributed by atoms with Crippen molar-refractivity contribution in [2.45, 2.75) is 39.5 Å². The maximum atomic E-state index is 14.3. The van der Waals surface area contributed by atoms with Crippen LogP contribution in [0.1, 0.15) is 48.3 Å². The number of hydrogen-bond acceptors (Lipinski definition) is 6. The first-order valence-electron chi connectivity index (χ1n) is 13.1. The van der Waals surface area contributed by atoms with Crippen LogP contribution < -0.4 is 15.4 Å². The Kier molecular flexibility index (Phi) is 11.1. The minimum atomic E-state index is -0.279. The van der Waals surface area contributed by atoms with Gasteiger partial charge >= 0.3 is 0 Å². The molecule has 9 heteroatoms. The molecule has 39 heavy (non-hydrogen) atoms. The number of hydrogen-bond donors (Lipinski definition) is 3. The summed E-state index contributed by atoms with van der Waals surface area (Å²) in [5, 5.41) is 6.39. The van der Waals surface area contributed by atoms with Crippen molar-refractivity contribution < 1.29 is 18.7 Å². The second-order valence-electron chi connectivity index (χ2n) is 8.93. The Morgan fingerprint density at radius 2 is 2.05 bits per heavy atom. The van der Waals surface area contributed by atoms with Gasteiger partial charge < -0.3 is 25.3 Å². The molecule has 0 saturated carbocycles. The summed E-state index contributed by atoms with van der Waals surface area (Å²) in [5.74, 6) is 5.41. The highest BCUT2D eigenvalue weighted by Gasteiger charge is 2.22. The van der Waals surface area contributed by atoms with E-state index in [4.69, 9.17) is 4.74 Å². The molecule has 1 amide bonds. The number of nitrogens with one attached hydrogen (secondary N) is 3. The zero-order valence-corrected chi connectivity index (χ0v) is 23.0. The molecule has 3 aromatic rings. The van der Waals surface area contributed by atoms with Crippen LogP contribution in [0.5, 0.6) is 5.75 Å². The van der Waals surface area contributed by atoms with Gasteiger partial charge in [-0.1, -0.05) is 18.9 Å². The lowest BCUT2D eigenvalue weighted by atomic mass is 10.1. The summed E-state index contributed by atoms with van der Waals surface area (Å²) < 4.78 is 19.8. The number of ether oxygens (including phenoxy) is 1. The number of carbonyl (C=O) groups is 2. The third-order valence-corrected chi connectivity index (χ3v) is 6.49. The van der Waals surface area contributed by atoms with Gasteiger partial charge in [0.1, 0.15) is 11.6 Å². The van der Waals surface area contributed by atoms with Crippen LogP contribution in [0.15, 0.2) is 36.7 Å². The van der Waals surface area contributed by atoms with Crippen molar-refractivity contribution in [1.29, 1.82) is 0 Å². The Morgan fingerprint density at radius 3 is 2.69 bits per heavy atom. The average Bonchev–Trinajstić information content (AvgIpc) is 3.61. The van der Waals surface area contributed by atoms with Gasteiger partial charge in [0.25, 0.3) is 5.91 Å². The van der Waals surface area contributed by atoms with Gasteiger partial charge in [0.2, 0.25) is 0 Å². The zero-order chi connectivity index (χ0) is 28.2. The van der Waals surface area contributed by atoms with Gasteiger partial charge in [0.15, 0.2) is 6.29 Å². The number of H-pyrrole nitrogens is 1. The number of amides is 1. The van der Waals surface area contributed by atoms with E-state index in [9.17, 15) is 14.0 Å². The second kappa shape index (κ2) is 14.7.